The van der Waals surface area contributed by atoms with Crippen LogP contribution in [0.2, 0.25) is 0 Å². The SMILES string of the molecule is CS(=O)(=O)NCCCNC(=O)c1cc(N)n[nH]1. The van der Waals surface area contributed by atoms with Crippen molar-refractivity contribution in [2.75, 3.05) is 25.1 Å². The second-order valence-electron chi connectivity index (χ2n) is 3.48. The van der Waals surface area contributed by atoms with Crippen molar-refractivity contribution in [2.45, 2.75) is 6.42 Å². The van der Waals surface area contributed by atoms with Crippen LogP contribution in [0.1, 0.15) is 16.9 Å². The number of nitrogens with two attached hydrogens (primary N) is 1. The summed E-state index contributed by atoms with van der Waals surface area (Å²) < 4.78 is 23.8. The molecule has 9 heteroatoms. The minimum atomic E-state index is -3.17. The fourth-order valence-corrected chi connectivity index (χ4v) is 1.61. The molecule has 1 heterocycles. The molecule has 96 valence electrons. The molecule has 0 unspecified atom stereocenters. The lowest BCUT2D eigenvalue weighted by Crippen LogP contribution is -2.29. The molecule has 8 nitrogen and oxygen atoms in total. The van der Waals surface area contributed by atoms with Crippen LogP contribution in [0.3, 0.4) is 0 Å². The van der Waals surface area contributed by atoms with E-state index in [2.05, 4.69) is 20.2 Å². The number of sulfonamides is 1. The molecule has 1 aromatic rings. The number of hydrogen-bond donors (Lipinski definition) is 4. The molecule has 17 heavy (non-hydrogen) atoms. The zero-order valence-electron chi connectivity index (χ0n) is 9.36. The maximum absolute atomic E-state index is 11.4. The van der Waals surface area contributed by atoms with Crippen molar-refractivity contribution < 1.29 is 13.2 Å². The summed E-state index contributed by atoms with van der Waals surface area (Å²) in [5.41, 5.74) is 5.62. The van der Waals surface area contributed by atoms with Crippen molar-refractivity contribution in [3.8, 4) is 0 Å². The lowest BCUT2D eigenvalue weighted by atomic mass is 10.3. The molecular formula is C8H15N5O3S. The zero-order valence-corrected chi connectivity index (χ0v) is 10.2. The van der Waals surface area contributed by atoms with E-state index in [9.17, 15) is 13.2 Å². The number of hydrogen-bond acceptors (Lipinski definition) is 5. The molecule has 0 saturated heterocycles. The number of aromatic nitrogens is 2. The van der Waals surface area contributed by atoms with Gasteiger partial charge in [0.25, 0.3) is 5.91 Å². The Balaban J connectivity index is 2.21. The zero-order chi connectivity index (χ0) is 12.9. The molecule has 1 aromatic heterocycles. The summed E-state index contributed by atoms with van der Waals surface area (Å²) >= 11 is 0. The van der Waals surface area contributed by atoms with Gasteiger partial charge in [0.1, 0.15) is 11.5 Å². The number of H-pyrrole nitrogens is 1. The van der Waals surface area contributed by atoms with Gasteiger partial charge in [0.05, 0.1) is 6.26 Å². The quantitative estimate of drug-likeness (QED) is 0.471. The number of carbonyl (C=O) groups is 1. The Hall–Kier alpha value is -1.61. The summed E-state index contributed by atoms with van der Waals surface area (Å²) in [6, 6.07) is 1.42. The second kappa shape index (κ2) is 5.64. The van der Waals surface area contributed by atoms with Gasteiger partial charge < -0.3 is 11.1 Å². The third-order valence-corrected chi connectivity index (χ3v) is 2.57. The number of amides is 1. The van der Waals surface area contributed by atoms with Gasteiger partial charge in [-0.15, -0.1) is 0 Å². The predicted octanol–water partition coefficient (Wildman–Crippen LogP) is -1.34. The fourth-order valence-electron chi connectivity index (χ4n) is 1.10. The van der Waals surface area contributed by atoms with Gasteiger partial charge in [0.2, 0.25) is 10.0 Å². The molecule has 1 amide bonds. The van der Waals surface area contributed by atoms with Gasteiger partial charge in [-0.25, -0.2) is 13.1 Å². The van der Waals surface area contributed by atoms with Gasteiger partial charge in [0.15, 0.2) is 0 Å². The maximum Gasteiger partial charge on any atom is 0.269 e. The van der Waals surface area contributed by atoms with Crippen molar-refractivity contribution >= 4 is 21.7 Å². The Morgan fingerprint density at radius 2 is 2.24 bits per heavy atom. The molecule has 0 spiro atoms. The summed E-state index contributed by atoms with van der Waals surface area (Å²) in [6.07, 6.45) is 1.58. The number of nitrogens with one attached hydrogen (secondary N) is 3. The van der Waals surface area contributed by atoms with Crippen LogP contribution in [0.25, 0.3) is 0 Å². The largest absolute Gasteiger partial charge is 0.382 e. The Morgan fingerprint density at radius 1 is 1.53 bits per heavy atom. The van der Waals surface area contributed by atoms with Gasteiger partial charge in [0, 0.05) is 19.2 Å². The summed E-state index contributed by atoms with van der Waals surface area (Å²) in [6.45, 7) is 0.643. The Morgan fingerprint density at radius 3 is 2.76 bits per heavy atom. The highest BCUT2D eigenvalue weighted by atomic mass is 32.2. The molecule has 0 fully saturated rings. The third kappa shape index (κ3) is 5.31. The van der Waals surface area contributed by atoms with Crippen LogP contribution in [-0.4, -0.2) is 43.9 Å². The first-order valence-corrected chi connectivity index (χ1v) is 6.81. The molecule has 0 atom stereocenters. The van der Waals surface area contributed by atoms with E-state index in [4.69, 9.17) is 5.73 Å². The maximum atomic E-state index is 11.4. The van der Waals surface area contributed by atoms with Crippen LogP contribution in [-0.2, 0) is 10.0 Å². The van der Waals surface area contributed by atoms with E-state index in [0.29, 0.717) is 13.0 Å². The van der Waals surface area contributed by atoms with Crippen LogP contribution < -0.4 is 15.8 Å². The standard InChI is InChI=1S/C8H15N5O3S/c1-17(15,16)11-4-2-3-10-8(14)6-5-7(9)13-12-6/h5,11H,2-4H2,1H3,(H,10,14)(H3,9,12,13). The van der Waals surface area contributed by atoms with Crippen LogP contribution in [0.4, 0.5) is 5.82 Å². The Labute approximate surface area is 99.0 Å². The van der Waals surface area contributed by atoms with Crippen molar-refractivity contribution in [1.82, 2.24) is 20.2 Å². The lowest BCUT2D eigenvalue weighted by molar-refractivity contribution is 0.0948. The van der Waals surface area contributed by atoms with Gasteiger partial charge in [-0.05, 0) is 6.42 Å². The smallest absolute Gasteiger partial charge is 0.269 e. The van der Waals surface area contributed by atoms with Crippen molar-refractivity contribution in [2.24, 2.45) is 0 Å². The molecule has 5 N–H and O–H groups in total. The number of nitrogen functional groups attached to an aromatic ring is 1. The van der Waals surface area contributed by atoms with E-state index in [1.54, 1.807) is 0 Å². The highest BCUT2D eigenvalue weighted by Gasteiger charge is 2.07. The molecule has 0 radical (unpaired) electrons. The van der Waals surface area contributed by atoms with Crippen molar-refractivity contribution in [3.63, 3.8) is 0 Å². The normalized spacial score (nSPS) is 11.4. The minimum Gasteiger partial charge on any atom is -0.382 e. The van der Waals surface area contributed by atoms with E-state index < -0.39 is 10.0 Å². The van der Waals surface area contributed by atoms with Crippen LogP contribution in [0.15, 0.2) is 6.07 Å². The Bertz CT molecular complexity index is 481. The molecule has 0 aromatic carbocycles. The monoisotopic (exact) mass is 261 g/mol. The predicted molar refractivity (Wildman–Crippen MR) is 62.8 cm³/mol. The molecular weight excluding hydrogens is 246 g/mol. The number of aromatic amines is 1. The van der Waals surface area contributed by atoms with E-state index in [1.165, 1.54) is 6.07 Å². The van der Waals surface area contributed by atoms with Crippen LogP contribution in [0.5, 0.6) is 0 Å². The number of nitrogens with zero attached hydrogens (tertiary/aromatic N) is 1. The summed E-state index contributed by atoms with van der Waals surface area (Å²) in [4.78, 5) is 11.4. The molecule has 0 aliphatic carbocycles. The second-order valence-corrected chi connectivity index (χ2v) is 5.32. The van der Waals surface area contributed by atoms with E-state index in [-0.39, 0.29) is 24.0 Å². The average Bonchev–Trinajstić information content (AvgIpc) is 2.62. The molecule has 0 saturated carbocycles. The first-order chi connectivity index (χ1) is 7.88. The van der Waals surface area contributed by atoms with E-state index in [1.807, 2.05) is 0 Å². The first kappa shape index (κ1) is 13.5. The Kier molecular flexibility index (Phi) is 4.46. The van der Waals surface area contributed by atoms with Gasteiger partial charge in [-0.2, -0.15) is 5.10 Å². The number of rotatable bonds is 6. The van der Waals surface area contributed by atoms with E-state index in [0.717, 1.165) is 6.26 Å². The highest BCUT2D eigenvalue weighted by molar-refractivity contribution is 7.88. The summed E-state index contributed by atoms with van der Waals surface area (Å²) in [7, 11) is -3.17. The number of carbonyl (C=O) groups excluding carboxylic acids is 1. The van der Waals surface area contributed by atoms with Crippen LogP contribution >= 0.6 is 0 Å². The number of anilines is 1. The summed E-state index contributed by atoms with van der Waals surface area (Å²) in [5, 5.41) is 8.68. The van der Waals surface area contributed by atoms with Crippen molar-refractivity contribution in [3.05, 3.63) is 11.8 Å². The molecule has 0 bridgehead atoms. The highest BCUT2D eigenvalue weighted by Crippen LogP contribution is 1.99. The molecule has 0 aliphatic heterocycles. The van der Waals surface area contributed by atoms with Crippen molar-refractivity contribution in [1.29, 1.82) is 0 Å². The van der Waals surface area contributed by atoms with Crippen LogP contribution in [0, 0.1) is 0 Å². The summed E-state index contributed by atoms with van der Waals surface area (Å²) in [5.74, 6) is -0.0811. The molecule has 0 aliphatic rings. The topological polar surface area (TPSA) is 130 Å². The lowest BCUT2D eigenvalue weighted by Gasteiger charge is -2.03. The van der Waals surface area contributed by atoms with Gasteiger partial charge in [-0.1, -0.05) is 0 Å². The average molecular weight is 261 g/mol. The van der Waals surface area contributed by atoms with Gasteiger partial charge in [-0.3, -0.25) is 9.89 Å². The fraction of sp³-hybridized carbons (Fsp3) is 0.500. The van der Waals surface area contributed by atoms with Gasteiger partial charge >= 0.3 is 0 Å². The third-order valence-electron chi connectivity index (χ3n) is 1.85. The minimum absolute atomic E-state index is 0.244. The molecule has 1 rings (SSSR count). The van der Waals surface area contributed by atoms with E-state index >= 15 is 0 Å². The first-order valence-electron chi connectivity index (χ1n) is 4.92.